The summed E-state index contributed by atoms with van der Waals surface area (Å²) in [6.45, 7) is 8.34. The predicted octanol–water partition coefficient (Wildman–Crippen LogP) is 2.41. The summed E-state index contributed by atoms with van der Waals surface area (Å²) in [5.74, 6) is 0.568. The van der Waals surface area contributed by atoms with E-state index in [2.05, 4.69) is 5.32 Å². The van der Waals surface area contributed by atoms with Crippen LogP contribution in [0.2, 0.25) is 0 Å². The van der Waals surface area contributed by atoms with E-state index < -0.39 is 11.0 Å². The summed E-state index contributed by atoms with van der Waals surface area (Å²) in [7, 11) is 1.62. The fourth-order valence-electron chi connectivity index (χ4n) is 1.49. The van der Waals surface area contributed by atoms with Gasteiger partial charge in [-0.3, -0.25) is 4.79 Å². The number of methoxy groups -OCH3 is 1. The summed E-state index contributed by atoms with van der Waals surface area (Å²) in [4.78, 5) is 12.4. The van der Waals surface area contributed by atoms with Crippen molar-refractivity contribution in [3.8, 4) is 5.75 Å². The molecule has 0 saturated heterocycles. The summed E-state index contributed by atoms with van der Waals surface area (Å²) in [6, 6.07) is 7.27. The standard InChI is InChI=1S/C16H26N2O3/c1-15(2,16(3,4)17)14(19)18-12-7-6-8-13(11-12)21-10-9-20-5/h6-8,11H,9-10,17H2,1-5H3,(H,18,19). The zero-order chi connectivity index (χ0) is 16.1. The highest BCUT2D eigenvalue weighted by Crippen LogP contribution is 2.30. The van der Waals surface area contributed by atoms with Crippen molar-refractivity contribution in [3.05, 3.63) is 24.3 Å². The van der Waals surface area contributed by atoms with Crippen molar-refractivity contribution in [2.24, 2.45) is 11.1 Å². The van der Waals surface area contributed by atoms with Crippen molar-refractivity contribution < 1.29 is 14.3 Å². The summed E-state index contributed by atoms with van der Waals surface area (Å²) in [6.07, 6.45) is 0. The Labute approximate surface area is 126 Å². The summed E-state index contributed by atoms with van der Waals surface area (Å²) in [5, 5.41) is 2.89. The van der Waals surface area contributed by atoms with E-state index in [1.54, 1.807) is 13.2 Å². The molecule has 3 N–H and O–H groups in total. The van der Waals surface area contributed by atoms with E-state index in [1.807, 2.05) is 45.9 Å². The Hall–Kier alpha value is -1.59. The van der Waals surface area contributed by atoms with E-state index in [1.165, 1.54) is 0 Å². The van der Waals surface area contributed by atoms with Crippen LogP contribution in [-0.2, 0) is 9.53 Å². The highest BCUT2D eigenvalue weighted by molar-refractivity contribution is 5.95. The number of nitrogens with one attached hydrogen (secondary N) is 1. The maximum Gasteiger partial charge on any atom is 0.231 e. The highest BCUT2D eigenvalue weighted by atomic mass is 16.5. The van der Waals surface area contributed by atoms with Gasteiger partial charge in [-0.2, -0.15) is 0 Å². The molecule has 21 heavy (non-hydrogen) atoms. The molecule has 0 aliphatic rings. The number of nitrogens with two attached hydrogens (primary N) is 1. The lowest BCUT2D eigenvalue weighted by atomic mass is 9.74. The third-order valence-electron chi connectivity index (χ3n) is 3.83. The molecule has 0 unspecified atom stereocenters. The minimum absolute atomic E-state index is 0.121. The third kappa shape index (κ3) is 4.72. The van der Waals surface area contributed by atoms with Crippen molar-refractivity contribution in [2.45, 2.75) is 33.2 Å². The van der Waals surface area contributed by atoms with Gasteiger partial charge in [0.05, 0.1) is 12.0 Å². The molecule has 0 spiro atoms. The van der Waals surface area contributed by atoms with Gasteiger partial charge in [0, 0.05) is 24.4 Å². The molecular formula is C16H26N2O3. The first-order valence-corrected chi connectivity index (χ1v) is 7.00. The number of hydrogen-bond acceptors (Lipinski definition) is 4. The summed E-state index contributed by atoms with van der Waals surface area (Å²) in [5.41, 5.74) is 5.45. The molecular weight excluding hydrogens is 268 g/mol. The average molecular weight is 294 g/mol. The second-order valence-electron chi connectivity index (χ2n) is 6.17. The van der Waals surface area contributed by atoms with E-state index in [9.17, 15) is 4.79 Å². The molecule has 5 heteroatoms. The summed E-state index contributed by atoms with van der Waals surface area (Å²) >= 11 is 0. The fourth-order valence-corrected chi connectivity index (χ4v) is 1.49. The maximum absolute atomic E-state index is 12.4. The number of anilines is 1. The average Bonchev–Trinajstić information content (AvgIpc) is 2.38. The molecule has 0 atom stereocenters. The molecule has 1 amide bonds. The van der Waals surface area contributed by atoms with Crippen molar-refractivity contribution in [2.75, 3.05) is 25.6 Å². The van der Waals surface area contributed by atoms with E-state index in [0.29, 0.717) is 24.7 Å². The number of carbonyl (C=O) groups excluding carboxylic acids is 1. The van der Waals surface area contributed by atoms with Crippen LogP contribution >= 0.6 is 0 Å². The van der Waals surface area contributed by atoms with E-state index in [-0.39, 0.29) is 5.91 Å². The number of hydrogen-bond donors (Lipinski definition) is 2. The van der Waals surface area contributed by atoms with Gasteiger partial charge in [-0.15, -0.1) is 0 Å². The molecule has 0 aliphatic heterocycles. The first-order valence-electron chi connectivity index (χ1n) is 7.00. The van der Waals surface area contributed by atoms with Crippen LogP contribution < -0.4 is 15.8 Å². The van der Waals surface area contributed by atoms with Crippen molar-refractivity contribution in [3.63, 3.8) is 0 Å². The monoisotopic (exact) mass is 294 g/mol. The van der Waals surface area contributed by atoms with Crippen molar-refractivity contribution in [1.29, 1.82) is 0 Å². The van der Waals surface area contributed by atoms with Gasteiger partial charge in [-0.25, -0.2) is 0 Å². The lowest BCUT2D eigenvalue weighted by molar-refractivity contribution is -0.126. The van der Waals surface area contributed by atoms with Gasteiger partial charge in [0.2, 0.25) is 5.91 Å². The molecule has 0 aliphatic carbocycles. The lowest BCUT2D eigenvalue weighted by Crippen LogP contribution is -2.53. The maximum atomic E-state index is 12.4. The smallest absolute Gasteiger partial charge is 0.231 e. The Balaban J connectivity index is 2.75. The first-order chi connectivity index (χ1) is 9.68. The normalized spacial score (nSPS) is 12.1. The molecule has 0 bridgehead atoms. The number of rotatable bonds is 7. The number of ether oxygens (including phenoxy) is 2. The minimum atomic E-state index is -0.695. The van der Waals surface area contributed by atoms with E-state index in [4.69, 9.17) is 15.2 Å². The van der Waals surface area contributed by atoms with E-state index in [0.717, 1.165) is 0 Å². The van der Waals surface area contributed by atoms with Gasteiger partial charge in [-0.05, 0) is 39.8 Å². The minimum Gasteiger partial charge on any atom is -0.491 e. The number of amides is 1. The number of carbonyl (C=O) groups is 1. The topological polar surface area (TPSA) is 73.6 Å². The van der Waals surface area contributed by atoms with Crippen LogP contribution in [0, 0.1) is 5.41 Å². The van der Waals surface area contributed by atoms with Gasteiger partial charge in [0.15, 0.2) is 0 Å². The second kappa shape index (κ2) is 6.91. The quantitative estimate of drug-likeness (QED) is 0.757. The van der Waals surface area contributed by atoms with Crippen LogP contribution in [0.1, 0.15) is 27.7 Å². The van der Waals surface area contributed by atoms with Crippen LogP contribution in [0.15, 0.2) is 24.3 Å². The Bertz CT molecular complexity index is 479. The lowest BCUT2D eigenvalue weighted by Gasteiger charge is -2.36. The molecule has 1 aromatic rings. The second-order valence-corrected chi connectivity index (χ2v) is 6.17. The zero-order valence-electron chi connectivity index (χ0n) is 13.5. The van der Waals surface area contributed by atoms with Crippen LogP contribution in [0.5, 0.6) is 5.75 Å². The fraction of sp³-hybridized carbons (Fsp3) is 0.562. The van der Waals surface area contributed by atoms with Gasteiger partial charge >= 0.3 is 0 Å². The van der Waals surface area contributed by atoms with Crippen LogP contribution in [-0.4, -0.2) is 31.8 Å². The van der Waals surface area contributed by atoms with Crippen molar-refractivity contribution >= 4 is 11.6 Å². The Morgan fingerprint density at radius 1 is 1.24 bits per heavy atom. The van der Waals surface area contributed by atoms with Crippen molar-refractivity contribution in [1.82, 2.24) is 0 Å². The van der Waals surface area contributed by atoms with Gasteiger partial charge in [0.1, 0.15) is 12.4 Å². The van der Waals surface area contributed by atoms with Crippen LogP contribution in [0.25, 0.3) is 0 Å². The molecule has 0 fully saturated rings. The number of benzene rings is 1. The SMILES string of the molecule is COCCOc1cccc(NC(=O)C(C)(C)C(C)(C)N)c1. The molecule has 0 heterocycles. The Kier molecular flexibility index (Phi) is 5.75. The third-order valence-corrected chi connectivity index (χ3v) is 3.83. The van der Waals surface area contributed by atoms with Crippen LogP contribution in [0.3, 0.4) is 0 Å². The molecule has 1 rings (SSSR count). The summed E-state index contributed by atoms with van der Waals surface area (Å²) < 4.78 is 10.5. The Morgan fingerprint density at radius 2 is 1.90 bits per heavy atom. The van der Waals surface area contributed by atoms with Gasteiger partial charge in [-0.1, -0.05) is 6.07 Å². The zero-order valence-corrected chi connectivity index (χ0v) is 13.5. The first kappa shape index (κ1) is 17.5. The van der Waals surface area contributed by atoms with E-state index >= 15 is 0 Å². The largest absolute Gasteiger partial charge is 0.491 e. The van der Waals surface area contributed by atoms with Crippen LogP contribution in [0.4, 0.5) is 5.69 Å². The molecule has 0 aromatic heterocycles. The molecule has 118 valence electrons. The van der Waals surface area contributed by atoms with Gasteiger partial charge in [0.25, 0.3) is 0 Å². The highest BCUT2D eigenvalue weighted by Gasteiger charge is 2.40. The molecule has 1 aromatic carbocycles. The van der Waals surface area contributed by atoms with Gasteiger partial charge < -0.3 is 20.5 Å². The molecule has 0 radical (unpaired) electrons. The Morgan fingerprint density at radius 3 is 2.48 bits per heavy atom. The molecule has 0 saturated carbocycles. The molecule has 5 nitrogen and oxygen atoms in total. The predicted molar refractivity (Wildman–Crippen MR) is 84.5 cm³/mol.